The lowest BCUT2D eigenvalue weighted by atomic mass is 10.2. The van der Waals surface area contributed by atoms with Gasteiger partial charge in [-0.15, -0.1) is 0 Å². The van der Waals surface area contributed by atoms with E-state index in [4.69, 9.17) is 0 Å². The van der Waals surface area contributed by atoms with Gasteiger partial charge in [0.05, 0.1) is 0 Å². The molecule has 88 valence electrons. The lowest BCUT2D eigenvalue weighted by Gasteiger charge is -2.14. The lowest BCUT2D eigenvalue weighted by molar-refractivity contribution is 0.499. The molecule has 0 saturated heterocycles. The predicted molar refractivity (Wildman–Crippen MR) is 66.3 cm³/mol. The van der Waals surface area contributed by atoms with Crippen LogP contribution < -0.4 is 10.6 Å². The molecular weight excluding hydrogens is 198 g/mol. The first-order valence-electron chi connectivity index (χ1n) is 6.11. The maximum atomic E-state index is 4.19. The minimum atomic E-state index is 0.515. The van der Waals surface area contributed by atoms with Crippen LogP contribution >= 0.6 is 0 Å². The molecule has 0 aromatic carbocycles. The van der Waals surface area contributed by atoms with Gasteiger partial charge >= 0.3 is 0 Å². The number of rotatable bonds is 6. The number of aryl methyl sites for hydroxylation is 1. The largest absolute Gasteiger partial charge is 0.312 e. The van der Waals surface area contributed by atoms with Crippen LogP contribution in [0.5, 0.6) is 0 Å². The molecule has 1 aliphatic carbocycles. The Morgan fingerprint density at radius 2 is 2.25 bits per heavy atom. The van der Waals surface area contributed by atoms with Gasteiger partial charge in [0, 0.05) is 37.6 Å². The molecule has 1 aromatic rings. The second-order valence-electron chi connectivity index (χ2n) is 4.84. The molecule has 1 heterocycles. The smallest absolute Gasteiger partial charge is 0.0313 e. The van der Waals surface area contributed by atoms with Crippen molar-refractivity contribution in [3.8, 4) is 0 Å². The number of pyridine rings is 1. The summed E-state index contributed by atoms with van der Waals surface area (Å²) >= 11 is 0. The van der Waals surface area contributed by atoms with Crippen molar-refractivity contribution in [1.29, 1.82) is 0 Å². The second-order valence-corrected chi connectivity index (χ2v) is 4.84. The number of nitrogens with one attached hydrogen (secondary N) is 2. The van der Waals surface area contributed by atoms with Gasteiger partial charge < -0.3 is 10.6 Å². The van der Waals surface area contributed by atoms with Crippen LogP contribution in [0.25, 0.3) is 0 Å². The SMILES string of the molecule is Cc1cncc(CNC(C)CNC2CC2)c1. The molecule has 2 rings (SSSR count). The molecule has 1 fully saturated rings. The zero-order valence-corrected chi connectivity index (χ0v) is 10.2. The zero-order chi connectivity index (χ0) is 11.4. The second kappa shape index (κ2) is 5.41. The summed E-state index contributed by atoms with van der Waals surface area (Å²) < 4.78 is 0. The lowest BCUT2D eigenvalue weighted by Crippen LogP contribution is -2.36. The summed E-state index contributed by atoms with van der Waals surface area (Å²) in [5.74, 6) is 0. The van der Waals surface area contributed by atoms with Gasteiger partial charge in [-0.25, -0.2) is 0 Å². The van der Waals surface area contributed by atoms with Gasteiger partial charge in [-0.1, -0.05) is 6.07 Å². The maximum absolute atomic E-state index is 4.19. The van der Waals surface area contributed by atoms with Crippen molar-refractivity contribution < 1.29 is 0 Å². The van der Waals surface area contributed by atoms with E-state index in [0.717, 1.165) is 19.1 Å². The van der Waals surface area contributed by atoms with Crippen LogP contribution in [0.3, 0.4) is 0 Å². The van der Waals surface area contributed by atoms with Crippen molar-refractivity contribution in [3.63, 3.8) is 0 Å². The minimum Gasteiger partial charge on any atom is -0.312 e. The maximum Gasteiger partial charge on any atom is 0.0313 e. The summed E-state index contributed by atoms with van der Waals surface area (Å²) in [5, 5.41) is 7.03. The first-order valence-corrected chi connectivity index (χ1v) is 6.11. The Hall–Kier alpha value is -0.930. The van der Waals surface area contributed by atoms with E-state index >= 15 is 0 Å². The van der Waals surface area contributed by atoms with Gasteiger partial charge in [0.25, 0.3) is 0 Å². The molecule has 0 spiro atoms. The topological polar surface area (TPSA) is 37.0 Å². The summed E-state index contributed by atoms with van der Waals surface area (Å²) in [7, 11) is 0. The number of nitrogens with zero attached hydrogens (tertiary/aromatic N) is 1. The average molecular weight is 219 g/mol. The number of hydrogen-bond donors (Lipinski definition) is 2. The van der Waals surface area contributed by atoms with Crippen LogP contribution in [0.4, 0.5) is 0 Å². The normalized spacial score (nSPS) is 17.4. The monoisotopic (exact) mass is 219 g/mol. The molecule has 1 saturated carbocycles. The molecule has 16 heavy (non-hydrogen) atoms. The molecular formula is C13H21N3. The van der Waals surface area contributed by atoms with Gasteiger partial charge in [0.2, 0.25) is 0 Å². The molecule has 1 unspecified atom stereocenters. The van der Waals surface area contributed by atoms with E-state index in [1.807, 2.05) is 12.4 Å². The summed E-state index contributed by atoms with van der Waals surface area (Å²) in [4.78, 5) is 4.19. The third kappa shape index (κ3) is 3.91. The highest BCUT2D eigenvalue weighted by Crippen LogP contribution is 2.18. The molecule has 0 aliphatic heterocycles. The standard InChI is InChI=1S/C13H21N3/c1-10-5-12(8-14-6-10)9-15-11(2)7-16-13-3-4-13/h5-6,8,11,13,15-16H,3-4,7,9H2,1-2H3. The molecule has 0 bridgehead atoms. The molecule has 3 heteroatoms. The summed E-state index contributed by atoms with van der Waals surface area (Å²) in [6.07, 6.45) is 6.53. The fourth-order valence-corrected chi connectivity index (χ4v) is 1.71. The highest BCUT2D eigenvalue weighted by atomic mass is 15.0. The number of aromatic nitrogens is 1. The van der Waals surface area contributed by atoms with Crippen molar-refractivity contribution in [2.45, 2.75) is 45.3 Å². The van der Waals surface area contributed by atoms with Gasteiger partial charge in [0.1, 0.15) is 0 Å². The quantitative estimate of drug-likeness (QED) is 0.763. The zero-order valence-electron chi connectivity index (χ0n) is 10.2. The van der Waals surface area contributed by atoms with Crippen molar-refractivity contribution in [2.75, 3.05) is 6.54 Å². The van der Waals surface area contributed by atoms with E-state index in [1.165, 1.54) is 24.0 Å². The van der Waals surface area contributed by atoms with Crippen LogP contribution in [0.1, 0.15) is 30.9 Å². The fourth-order valence-electron chi connectivity index (χ4n) is 1.71. The Morgan fingerprint density at radius 1 is 1.44 bits per heavy atom. The Balaban J connectivity index is 1.69. The van der Waals surface area contributed by atoms with Crippen LogP contribution in [0.15, 0.2) is 18.5 Å². The van der Waals surface area contributed by atoms with E-state index in [1.54, 1.807) is 0 Å². The van der Waals surface area contributed by atoms with Crippen LogP contribution in [0, 0.1) is 6.92 Å². The highest BCUT2D eigenvalue weighted by molar-refractivity contribution is 5.16. The molecule has 0 radical (unpaired) electrons. The van der Waals surface area contributed by atoms with Gasteiger partial charge in [-0.3, -0.25) is 4.98 Å². The van der Waals surface area contributed by atoms with Crippen LogP contribution in [0.2, 0.25) is 0 Å². The first-order chi connectivity index (χ1) is 7.74. The molecule has 1 atom stereocenters. The Bertz CT molecular complexity index is 334. The molecule has 0 amide bonds. The summed E-state index contributed by atoms with van der Waals surface area (Å²) in [5.41, 5.74) is 2.49. The minimum absolute atomic E-state index is 0.515. The third-order valence-electron chi connectivity index (χ3n) is 2.88. The van der Waals surface area contributed by atoms with Crippen molar-refractivity contribution in [1.82, 2.24) is 15.6 Å². The Labute approximate surface area is 97.7 Å². The first kappa shape index (κ1) is 11.6. The fraction of sp³-hybridized carbons (Fsp3) is 0.615. The number of hydrogen-bond acceptors (Lipinski definition) is 3. The van der Waals surface area contributed by atoms with Crippen molar-refractivity contribution in [2.24, 2.45) is 0 Å². The Morgan fingerprint density at radius 3 is 2.94 bits per heavy atom. The van der Waals surface area contributed by atoms with Crippen LogP contribution in [-0.4, -0.2) is 23.6 Å². The summed E-state index contributed by atoms with van der Waals surface area (Å²) in [6.45, 7) is 6.26. The van der Waals surface area contributed by atoms with E-state index in [9.17, 15) is 0 Å². The van der Waals surface area contributed by atoms with E-state index in [2.05, 4.69) is 35.5 Å². The van der Waals surface area contributed by atoms with E-state index in [0.29, 0.717) is 6.04 Å². The van der Waals surface area contributed by atoms with Crippen molar-refractivity contribution >= 4 is 0 Å². The van der Waals surface area contributed by atoms with Gasteiger partial charge in [-0.2, -0.15) is 0 Å². The van der Waals surface area contributed by atoms with E-state index < -0.39 is 0 Å². The summed E-state index contributed by atoms with van der Waals surface area (Å²) in [6, 6.07) is 3.49. The third-order valence-corrected chi connectivity index (χ3v) is 2.88. The van der Waals surface area contributed by atoms with E-state index in [-0.39, 0.29) is 0 Å². The Kier molecular flexibility index (Phi) is 3.91. The van der Waals surface area contributed by atoms with Gasteiger partial charge in [0.15, 0.2) is 0 Å². The predicted octanol–water partition coefficient (Wildman–Crippen LogP) is 1.62. The van der Waals surface area contributed by atoms with Crippen LogP contribution in [-0.2, 0) is 6.54 Å². The molecule has 3 nitrogen and oxygen atoms in total. The molecule has 1 aliphatic rings. The van der Waals surface area contributed by atoms with Crippen molar-refractivity contribution in [3.05, 3.63) is 29.6 Å². The van der Waals surface area contributed by atoms with Gasteiger partial charge in [-0.05, 0) is 37.8 Å². The highest BCUT2D eigenvalue weighted by Gasteiger charge is 2.20. The average Bonchev–Trinajstić information content (AvgIpc) is 3.07. The molecule has 2 N–H and O–H groups in total. The molecule has 1 aromatic heterocycles.